The first-order valence-electron chi connectivity index (χ1n) is 6.69. The van der Waals surface area contributed by atoms with Gasteiger partial charge in [-0.05, 0) is 35.4 Å². The molecule has 1 unspecified atom stereocenters. The molecule has 2 rings (SSSR count). The minimum absolute atomic E-state index is 0.000564. The van der Waals surface area contributed by atoms with Gasteiger partial charge in [0.05, 0.1) is 19.2 Å². The summed E-state index contributed by atoms with van der Waals surface area (Å²) >= 11 is 5.76. The number of hydrogen-bond acceptors (Lipinski definition) is 5. The lowest BCUT2D eigenvalue weighted by atomic mass is 9.92. The Morgan fingerprint density at radius 1 is 1.25 bits per heavy atom. The van der Waals surface area contributed by atoms with Gasteiger partial charge in [-0.3, -0.25) is 4.79 Å². The van der Waals surface area contributed by atoms with Crippen LogP contribution in [0.4, 0.5) is 13.2 Å². The van der Waals surface area contributed by atoms with Gasteiger partial charge >= 0.3 is 12.3 Å². The second-order valence-electron chi connectivity index (χ2n) is 4.70. The maximum absolute atomic E-state index is 12.2. The number of alkyl halides is 3. The molecule has 0 amide bonds. The molecule has 0 saturated carbocycles. The predicted molar refractivity (Wildman–Crippen MR) is 78.6 cm³/mol. The summed E-state index contributed by atoms with van der Waals surface area (Å²) in [6, 6.07) is 6.74. The van der Waals surface area contributed by atoms with Gasteiger partial charge in [-0.25, -0.2) is 9.97 Å². The molecule has 1 atom stereocenters. The first-order valence-corrected chi connectivity index (χ1v) is 7.07. The zero-order valence-corrected chi connectivity index (χ0v) is 13.1. The average Bonchev–Trinajstić information content (AvgIpc) is 2.52. The van der Waals surface area contributed by atoms with Crippen LogP contribution in [-0.2, 0) is 9.53 Å². The maximum atomic E-state index is 12.2. The third-order valence-electron chi connectivity index (χ3n) is 3.12. The molecule has 0 bridgehead atoms. The fourth-order valence-corrected chi connectivity index (χ4v) is 2.24. The van der Waals surface area contributed by atoms with E-state index < -0.39 is 18.2 Å². The van der Waals surface area contributed by atoms with Crippen LogP contribution in [0.5, 0.6) is 5.75 Å². The Kier molecular flexibility index (Phi) is 5.61. The Morgan fingerprint density at radius 3 is 2.46 bits per heavy atom. The summed E-state index contributed by atoms with van der Waals surface area (Å²) in [5, 5.41) is -0.000564. The van der Waals surface area contributed by atoms with E-state index in [4.69, 9.17) is 11.6 Å². The molecule has 5 nitrogen and oxygen atoms in total. The fourth-order valence-electron chi connectivity index (χ4n) is 2.09. The van der Waals surface area contributed by atoms with E-state index in [2.05, 4.69) is 19.4 Å². The van der Waals surface area contributed by atoms with Crippen molar-refractivity contribution in [2.75, 3.05) is 7.11 Å². The minimum Gasteiger partial charge on any atom is -0.469 e. The Morgan fingerprint density at radius 2 is 1.92 bits per heavy atom. The van der Waals surface area contributed by atoms with Crippen molar-refractivity contribution in [3.05, 3.63) is 53.1 Å². The molecule has 0 saturated heterocycles. The van der Waals surface area contributed by atoms with Crippen molar-refractivity contribution < 1.29 is 27.4 Å². The van der Waals surface area contributed by atoms with Crippen LogP contribution in [0.1, 0.15) is 23.6 Å². The van der Waals surface area contributed by atoms with Crippen LogP contribution in [0.3, 0.4) is 0 Å². The third kappa shape index (κ3) is 5.09. The molecule has 0 fully saturated rings. The van der Waals surface area contributed by atoms with Crippen LogP contribution in [0.25, 0.3) is 0 Å². The van der Waals surface area contributed by atoms with E-state index >= 15 is 0 Å². The molecular formula is C15H12ClF3N2O3. The van der Waals surface area contributed by atoms with Gasteiger partial charge in [0.25, 0.3) is 0 Å². The molecule has 1 heterocycles. The summed E-state index contributed by atoms with van der Waals surface area (Å²) in [5.41, 5.74) is 1.01. The van der Waals surface area contributed by atoms with E-state index in [1.54, 1.807) is 6.07 Å². The predicted octanol–water partition coefficient (Wildman–Crippen LogP) is 3.72. The fraction of sp³-hybridized carbons (Fsp3) is 0.267. The van der Waals surface area contributed by atoms with Crippen molar-refractivity contribution in [1.82, 2.24) is 9.97 Å². The number of nitrogens with zero attached hydrogens (tertiary/aromatic N) is 2. The van der Waals surface area contributed by atoms with Gasteiger partial charge < -0.3 is 9.47 Å². The Labute approximate surface area is 140 Å². The number of benzene rings is 1. The lowest BCUT2D eigenvalue weighted by molar-refractivity contribution is -0.274. The molecule has 0 spiro atoms. The second-order valence-corrected chi connectivity index (χ2v) is 5.04. The summed E-state index contributed by atoms with van der Waals surface area (Å²) in [6.07, 6.45) is -3.40. The van der Waals surface area contributed by atoms with Gasteiger partial charge in [-0.2, -0.15) is 0 Å². The van der Waals surface area contributed by atoms with Crippen molar-refractivity contribution in [2.45, 2.75) is 18.7 Å². The molecule has 0 radical (unpaired) electrons. The molecule has 2 aromatic rings. The quantitative estimate of drug-likeness (QED) is 0.600. The van der Waals surface area contributed by atoms with E-state index in [-0.39, 0.29) is 17.5 Å². The van der Waals surface area contributed by atoms with E-state index in [1.807, 2.05) is 0 Å². The van der Waals surface area contributed by atoms with Crippen molar-refractivity contribution in [3.8, 4) is 5.75 Å². The number of carbonyl (C=O) groups is 1. The SMILES string of the molecule is COC(=O)CC(c1ccc(OC(F)(F)F)cc1)c1ccnc(Cl)n1. The number of hydrogen-bond donors (Lipinski definition) is 0. The zero-order valence-electron chi connectivity index (χ0n) is 12.4. The molecule has 1 aromatic carbocycles. The van der Waals surface area contributed by atoms with E-state index in [0.717, 1.165) is 12.1 Å². The largest absolute Gasteiger partial charge is 0.573 e. The van der Waals surface area contributed by atoms with Gasteiger partial charge in [0.1, 0.15) is 5.75 Å². The van der Waals surface area contributed by atoms with Crippen molar-refractivity contribution in [2.24, 2.45) is 0 Å². The third-order valence-corrected chi connectivity index (χ3v) is 3.30. The lowest BCUT2D eigenvalue weighted by Gasteiger charge is -2.16. The summed E-state index contributed by atoms with van der Waals surface area (Å²) < 4.78 is 45.1. The summed E-state index contributed by atoms with van der Waals surface area (Å²) in [4.78, 5) is 19.5. The van der Waals surface area contributed by atoms with Gasteiger partial charge in [0.2, 0.25) is 5.28 Å². The Bertz CT molecular complexity index is 708. The molecule has 0 N–H and O–H groups in total. The summed E-state index contributed by atoms with van der Waals surface area (Å²) in [5.74, 6) is -1.40. The number of halogens is 4. The van der Waals surface area contributed by atoms with Gasteiger partial charge in [-0.1, -0.05) is 12.1 Å². The highest BCUT2D eigenvalue weighted by atomic mass is 35.5. The summed E-state index contributed by atoms with van der Waals surface area (Å²) in [6.45, 7) is 0. The van der Waals surface area contributed by atoms with Crippen LogP contribution >= 0.6 is 11.6 Å². The number of rotatable bonds is 5. The van der Waals surface area contributed by atoms with Crippen molar-refractivity contribution in [3.63, 3.8) is 0 Å². The van der Waals surface area contributed by atoms with Gasteiger partial charge in [-0.15, -0.1) is 13.2 Å². The highest BCUT2D eigenvalue weighted by molar-refractivity contribution is 6.28. The standard InChI is InChI=1S/C15H12ClF3N2O3/c1-23-13(22)8-11(12-6-7-20-14(16)21-12)9-2-4-10(5-3-9)24-15(17,18)19/h2-7,11H,8H2,1H3. The normalized spacial score (nSPS) is 12.5. The van der Waals surface area contributed by atoms with Crippen LogP contribution in [0.2, 0.25) is 5.28 Å². The van der Waals surface area contributed by atoms with E-state index in [9.17, 15) is 18.0 Å². The van der Waals surface area contributed by atoms with Crippen molar-refractivity contribution >= 4 is 17.6 Å². The molecule has 9 heteroatoms. The molecule has 0 aliphatic heterocycles. The smallest absolute Gasteiger partial charge is 0.469 e. The molecular weight excluding hydrogens is 349 g/mol. The zero-order chi connectivity index (χ0) is 17.7. The minimum atomic E-state index is -4.77. The highest BCUT2D eigenvalue weighted by Gasteiger charge is 2.31. The average molecular weight is 361 g/mol. The molecule has 0 aliphatic carbocycles. The van der Waals surface area contributed by atoms with Crippen LogP contribution in [-0.4, -0.2) is 29.4 Å². The number of esters is 1. The lowest BCUT2D eigenvalue weighted by Crippen LogP contribution is -2.17. The second kappa shape index (κ2) is 7.48. The van der Waals surface area contributed by atoms with E-state index in [1.165, 1.54) is 25.4 Å². The van der Waals surface area contributed by atoms with Crippen molar-refractivity contribution in [1.29, 1.82) is 0 Å². The first kappa shape index (κ1) is 18.0. The molecule has 24 heavy (non-hydrogen) atoms. The van der Waals surface area contributed by atoms with E-state index in [0.29, 0.717) is 11.3 Å². The molecule has 0 aliphatic rings. The number of methoxy groups -OCH3 is 1. The monoisotopic (exact) mass is 360 g/mol. The highest BCUT2D eigenvalue weighted by Crippen LogP contribution is 2.30. The Hall–Kier alpha value is -2.35. The first-order chi connectivity index (χ1) is 11.3. The van der Waals surface area contributed by atoms with Crippen LogP contribution in [0.15, 0.2) is 36.5 Å². The van der Waals surface area contributed by atoms with Crippen LogP contribution in [0, 0.1) is 0 Å². The van der Waals surface area contributed by atoms with Crippen LogP contribution < -0.4 is 4.74 Å². The van der Waals surface area contributed by atoms with Gasteiger partial charge in [0, 0.05) is 12.1 Å². The van der Waals surface area contributed by atoms with Gasteiger partial charge in [0.15, 0.2) is 0 Å². The topological polar surface area (TPSA) is 61.3 Å². The number of aromatic nitrogens is 2. The number of carbonyl (C=O) groups excluding carboxylic acids is 1. The molecule has 1 aromatic heterocycles. The Balaban J connectivity index is 2.31. The number of ether oxygens (including phenoxy) is 2. The summed E-state index contributed by atoms with van der Waals surface area (Å²) in [7, 11) is 1.24. The molecule has 128 valence electrons. The maximum Gasteiger partial charge on any atom is 0.573 e.